The van der Waals surface area contributed by atoms with Crippen LogP contribution >= 0.6 is 23.5 Å². The third-order valence-electron chi connectivity index (χ3n) is 3.28. The SMILES string of the molecule is Cc1cc(C)cc(C(C)NCC2CSCCS2)c1. The van der Waals surface area contributed by atoms with Gasteiger partial charge in [0.25, 0.3) is 0 Å². The van der Waals surface area contributed by atoms with Crippen molar-refractivity contribution in [3.63, 3.8) is 0 Å². The van der Waals surface area contributed by atoms with Crippen molar-refractivity contribution in [3.05, 3.63) is 34.9 Å². The largest absolute Gasteiger partial charge is 0.309 e. The van der Waals surface area contributed by atoms with Gasteiger partial charge in [0.15, 0.2) is 0 Å². The third-order valence-corrected chi connectivity index (χ3v) is 6.13. The number of hydrogen-bond donors (Lipinski definition) is 1. The average molecular weight is 281 g/mol. The van der Waals surface area contributed by atoms with Crippen molar-refractivity contribution >= 4 is 23.5 Å². The summed E-state index contributed by atoms with van der Waals surface area (Å²) >= 11 is 4.22. The van der Waals surface area contributed by atoms with Crippen molar-refractivity contribution in [1.29, 1.82) is 0 Å². The summed E-state index contributed by atoms with van der Waals surface area (Å²) < 4.78 is 0. The number of nitrogens with one attached hydrogen (secondary N) is 1. The molecule has 0 spiro atoms. The van der Waals surface area contributed by atoms with Gasteiger partial charge in [-0.2, -0.15) is 23.5 Å². The molecule has 2 atom stereocenters. The van der Waals surface area contributed by atoms with Crippen molar-refractivity contribution in [2.24, 2.45) is 0 Å². The van der Waals surface area contributed by atoms with Crippen LogP contribution in [0, 0.1) is 13.8 Å². The fourth-order valence-corrected chi connectivity index (χ4v) is 4.97. The van der Waals surface area contributed by atoms with E-state index in [1.54, 1.807) is 0 Å². The molecule has 18 heavy (non-hydrogen) atoms. The summed E-state index contributed by atoms with van der Waals surface area (Å²) in [6, 6.07) is 7.29. The highest BCUT2D eigenvalue weighted by Gasteiger charge is 2.15. The topological polar surface area (TPSA) is 12.0 Å². The summed E-state index contributed by atoms with van der Waals surface area (Å²) in [4.78, 5) is 0. The van der Waals surface area contributed by atoms with E-state index in [4.69, 9.17) is 0 Å². The molecular weight excluding hydrogens is 258 g/mol. The molecule has 2 rings (SSSR count). The Kier molecular flexibility index (Phi) is 5.46. The lowest BCUT2D eigenvalue weighted by molar-refractivity contribution is 0.576. The molecule has 1 aromatic rings. The van der Waals surface area contributed by atoms with Gasteiger partial charge in [0.1, 0.15) is 0 Å². The van der Waals surface area contributed by atoms with E-state index in [9.17, 15) is 0 Å². The Balaban J connectivity index is 1.88. The van der Waals surface area contributed by atoms with Gasteiger partial charge in [-0.05, 0) is 26.3 Å². The monoisotopic (exact) mass is 281 g/mol. The second kappa shape index (κ2) is 6.88. The Morgan fingerprint density at radius 1 is 1.22 bits per heavy atom. The molecule has 100 valence electrons. The molecule has 0 radical (unpaired) electrons. The number of aryl methyl sites for hydroxylation is 2. The maximum atomic E-state index is 3.69. The zero-order valence-corrected chi connectivity index (χ0v) is 13.2. The fourth-order valence-electron chi connectivity index (χ4n) is 2.34. The summed E-state index contributed by atoms with van der Waals surface area (Å²) in [5.41, 5.74) is 4.14. The minimum atomic E-state index is 0.455. The number of thioether (sulfide) groups is 2. The maximum absolute atomic E-state index is 3.69. The fraction of sp³-hybridized carbons (Fsp3) is 0.600. The Morgan fingerprint density at radius 3 is 2.56 bits per heavy atom. The number of rotatable bonds is 4. The second-order valence-electron chi connectivity index (χ2n) is 5.12. The summed E-state index contributed by atoms with van der Waals surface area (Å²) in [5, 5.41) is 4.48. The van der Waals surface area contributed by atoms with Crippen LogP contribution in [0.4, 0.5) is 0 Å². The zero-order chi connectivity index (χ0) is 13.0. The van der Waals surface area contributed by atoms with Gasteiger partial charge in [0.2, 0.25) is 0 Å². The van der Waals surface area contributed by atoms with Gasteiger partial charge in [-0.15, -0.1) is 0 Å². The van der Waals surface area contributed by atoms with Crippen LogP contribution in [-0.4, -0.2) is 29.1 Å². The van der Waals surface area contributed by atoms with Crippen LogP contribution in [0.2, 0.25) is 0 Å². The smallest absolute Gasteiger partial charge is 0.0292 e. The molecule has 1 N–H and O–H groups in total. The van der Waals surface area contributed by atoms with E-state index in [0.29, 0.717) is 6.04 Å². The summed E-state index contributed by atoms with van der Waals surface area (Å²) in [6.07, 6.45) is 0. The van der Waals surface area contributed by atoms with Crippen molar-refractivity contribution < 1.29 is 0 Å². The van der Waals surface area contributed by atoms with E-state index in [2.05, 4.69) is 67.8 Å². The Bertz CT molecular complexity index is 366. The molecule has 3 heteroatoms. The predicted octanol–water partition coefficient (Wildman–Crippen LogP) is 3.80. The van der Waals surface area contributed by atoms with Crippen LogP contribution < -0.4 is 5.32 Å². The van der Waals surface area contributed by atoms with E-state index in [1.165, 1.54) is 33.9 Å². The molecule has 1 saturated heterocycles. The Labute approximate surface area is 120 Å². The van der Waals surface area contributed by atoms with Gasteiger partial charge in [0, 0.05) is 35.1 Å². The Morgan fingerprint density at radius 2 is 1.94 bits per heavy atom. The van der Waals surface area contributed by atoms with Crippen molar-refractivity contribution in [3.8, 4) is 0 Å². The minimum Gasteiger partial charge on any atom is -0.309 e. The predicted molar refractivity (Wildman–Crippen MR) is 85.9 cm³/mol. The molecule has 1 aromatic carbocycles. The first-order chi connectivity index (χ1) is 8.65. The van der Waals surface area contributed by atoms with E-state index in [0.717, 1.165) is 11.8 Å². The van der Waals surface area contributed by atoms with E-state index in [1.807, 2.05) is 0 Å². The van der Waals surface area contributed by atoms with Crippen LogP contribution in [0.5, 0.6) is 0 Å². The molecular formula is C15H23NS2. The van der Waals surface area contributed by atoms with Gasteiger partial charge in [-0.1, -0.05) is 29.3 Å². The van der Waals surface area contributed by atoms with Gasteiger partial charge >= 0.3 is 0 Å². The van der Waals surface area contributed by atoms with Gasteiger partial charge < -0.3 is 5.32 Å². The highest BCUT2D eigenvalue weighted by molar-refractivity contribution is 8.06. The van der Waals surface area contributed by atoms with Crippen LogP contribution in [0.15, 0.2) is 18.2 Å². The standard InChI is InChI=1S/C15H23NS2/c1-11-6-12(2)8-14(7-11)13(3)16-9-15-10-17-4-5-18-15/h6-8,13,15-16H,4-5,9-10H2,1-3H3. The lowest BCUT2D eigenvalue weighted by Gasteiger charge is -2.24. The molecule has 1 fully saturated rings. The lowest BCUT2D eigenvalue weighted by Crippen LogP contribution is -2.30. The number of hydrogen-bond acceptors (Lipinski definition) is 3. The molecule has 0 aliphatic carbocycles. The highest BCUT2D eigenvalue weighted by Crippen LogP contribution is 2.24. The minimum absolute atomic E-state index is 0.455. The van der Waals surface area contributed by atoms with Gasteiger partial charge in [0.05, 0.1) is 0 Å². The molecule has 0 saturated carbocycles. The van der Waals surface area contributed by atoms with Crippen molar-refractivity contribution in [2.75, 3.05) is 23.8 Å². The zero-order valence-electron chi connectivity index (χ0n) is 11.5. The molecule has 0 amide bonds. The average Bonchev–Trinajstić information content (AvgIpc) is 2.36. The van der Waals surface area contributed by atoms with Gasteiger partial charge in [-0.25, -0.2) is 0 Å². The van der Waals surface area contributed by atoms with Crippen molar-refractivity contribution in [2.45, 2.75) is 32.1 Å². The lowest BCUT2D eigenvalue weighted by atomic mass is 10.0. The number of benzene rings is 1. The quantitative estimate of drug-likeness (QED) is 0.901. The van der Waals surface area contributed by atoms with Crippen LogP contribution in [-0.2, 0) is 0 Å². The van der Waals surface area contributed by atoms with E-state index < -0.39 is 0 Å². The van der Waals surface area contributed by atoms with Crippen LogP contribution in [0.1, 0.15) is 29.7 Å². The van der Waals surface area contributed by atoms with E-state index in [-0.39, 0.29) is 0 Å². The summed E-state index contributed by atoms with van der Waals surface area (Å²) in [6.45, 7) is 7.76. The molecule has 0 bridgehead atoms. The van der Waals surface area contributed by atoms with Gasteiger partial charge in [-0.3, -0.25) is 0 Å². The van der Waals surface area contributed by atoms with Crippen LogP contribution in [0.25, 0.3) is 0 Å². The molecule has 0 aromatic heterocycles. The summed E-state index contributed by atoms with van der Waals surface area (Å²) in [7, 11) is 0. The van der Waals surface area contributed by atoms with Crippen molar-refractivity contribution in [1.82, 2.24) is 5.32 Å². The van der Waals surface area contributed by atoms with E-state index >= 15 is 0 Å². The molecule has 1 aliphatic heterocycles. The molecule has 1 aliphatic rings. The molecule has 2 unspecified atom stereocenters. The third kappa shape index (κ3) is 4.22. The first-order valence-corrected chi connectivity index (χ1v) is 8.86. The Hall–Kier alpha value is -0.120. The summed E-state index contributed by atoms with van der Waals surface area (Å²) in [5.74, 6) is 3.94. The first-order valence-electron chi connectivity index (χ1n) is 6.66. The second-order valence-corrected chi connectivity index (χ2v) is 7.68. The van der Waals surface area contributed by atoms with Crippen LogP contribution in [0.3, 0.4) is 0 Å². The molecule has 1 nitrogen and oxygen atoms in total. The normalized spacial score (nSPS) is 21.8. The molecule has 1 heterocycles. The first kappa shape index (κ1) is 14.3. The maximum Gasteiger partial charge on any atom is 0.0292 e. The highest BCUT2D eigenvalue weighted by atomic mass is 32.2.